The zero-order chi connectivity index (χ0) is 15.5. The molecule has 0 aromatic heterocycles. The van der Waals surface area contributed by atoms with Crippen molar-refractivity contribution >= 4 is 33.2 Å². The highest BCUT2D eigenvalue weighted by atomic mass is 35.5. The van der Waals surface area contributed by atoms with Crippen molar-refractivity contribution in [3.05, 3.63) is 28.0 Å². The maximum atomic E-state index is 13.6. The van der Waals surface area contributed by atoms with E-state index in [1.807, 2.05) is 0 Å². The molecule has 0 spiro atoms. The Balaban J connectivity index is 2.00. The largest absolute Gasteiger partial charge is 0.316 e. The molecule has 118 valence electrons. The summed E-state index contributed by atoms with van der Waals surface area (Å²) >= 11 is 11.3. The van der Waals surface area contributed by atoms with Gasteiger partial charge in [-0.15, -0.1) is 0 Å². The highest BCUT2D eigenvalue weighted by Crippen LogP contribution is 2.29. The molecular formula is C13H17Cl2FN2O2S. The maximum Gasteiger partial charge on any atom is 0.242 e. The van der Waals surface area contributed by atoms with Gasteiger partial charge in [0.2, 0.25) is 10.0 Å². The molecule has 21 heavy (non-hydrogen) atoms. The van der Waals surface area contributed by atoms with E-state index in [1.165, 1.54) is 12.1 Å². The average molecular weight is 355 g/mol. The van der Waals surface area contributed by atoms with E-state index in [9.17, 15) is 12.8 Å². The molecule has 0 bridgehead atoms. The first-order chi connectivity index (χ1) is 9.92. The molecule has 2 N–H and O–H groups in total. The summed E-state index contributed by atoms with van der Waals surface area (Å²) in [4.78, 5) is -0.284. The molecule has 1 aliphatic rings. The van der Waals surface area contributed by atoms with Crippen LogP contribution in [0, 0.1) is 11.7 Å². The van der Waals surface area contributed by atoms with Crippen LogP contribution in [0.4, 0.5) is 4.39 Å². The van der Waals surface area contributed by atoms with Gasteiger partial charge in [0.25, 0.3) is 0 Å². The zero-order valence-corrected chi connectivity index (χ0v) is 13.7. The van der Waals surface area contributed by atoms with Gasteiger partial charge >= 0.3 is 0 Å². The van der Waals surface area contributed by atoms with E-state index in [0.717, 1.165) is 32.4 Å². The van der Waals surface area contributed by atoms with Crippen molar-refractivity contribution in [3.8, 4) is 0 Å². The standard InChI is InChI=1S/C13H17Cl2FN2O2S/c14-10-3-4-11(12(15)13(10)16)21(19,20)18-7-5-9-2-1-6-17-8-9/h3-4,9,17-18H,1-2,5-8H2. The Kier molecular flexibility index (Phi) is 5.85. The highest BCUT2D eigenvalue weighted by Gasteiger charge is 2.22. The third-order valence-corrected chi connectivity index (χ3v) is 5.81. The van der Waals surface area contributed by atoms with Crippen LogP contribution in [-0.2, 0) is 10.0 Å². The van der Waals surface area contributed by atoms with Gasteiger partial charge in [-0.05, 0) is 50.4 Å². The van der Waals surface area contributed by atoms with Crippen LogP contribution >= 0.6 is 23.2 Å². The van der Waals surface area contributed by atoms with Crippen LogP contribution in [0.3, 0.4) is 0 Å². The predicted octanol–water partition coefficient (Wildman–Crippen LogP) is 2.80. The molecule has 0 aliphatic carbocycles. The van der Waals surface area contributed by atoms with E-state index < -0.39 is 20.9 Å². The molecule has 0 saturated carbocycles. The van der Waals surface area contributed by atoms with E-state index in [1.54, 1.807) is 0 Å². The second-order valence-electron chi connectivity index (χ2n) is 5.07. The smallest absolute Gasteiger partial charge is 0.242 e. The Hall–Kier alpha value is -0.400. The Morgan fingerprint density at radius 2 is 2.14 bits per heavy atom. The lowest BCUT2D eigenvalue weighted by Gasteiger charge is -2.22. The van der Waals surface area contributed by atoms with Crippen molar-refractivity contribution in [2.75, 3.05) is 19.6 Å². The lowest BCUT2D eigenvalue weighted by atomic mass is 9.96. The quantitative estimate of drug-likeness (QED) is 0.799. The molecule has 1 unspecified atom stereocenters. The fraction of sp³-hybridized carbons (Fsp3) is 0.538. The van der Waals surface area contributed by atoms with Gasteiger partial charge in [-0.3, -0.25) is 0 Å². The number of sulfonamides is 1. The fourth-order valence-corrected chi connectivity index (χ4v) is 4.15. The Morgan fingerprint density at radius 3 is 2.81 bits per heavy atom. The van der Waals surface area contributed by atoms with Crippen LogP contribution < -0.4 is 10.0 Å². The van der Waals surface area contributed by atoms with Gasteiger partial charge < -0.3 is 5.32 Å². The minimum Gasteiger partial charge on any atom is -0.316 e. The van der Waals surface area contributed by atoms with Crippen molar-refractivity contribution in [1.29, 1.82) is 0 Å². The molecule has 1 saturated heterocycles. The molecule has 0 amide bonds. The minimum atomic E-state index is -3.83. The second-order valence-corrected chi connectivity index (χ2v) is 7.59. The van der Waals surface area contributed by atoms with Crippen LogP contribution in [0.15, 0.2) is 17.0 Å². The van der Waals surface area contributed by atoms with E-state index in [4.69, 9.17) is 23.2 Å². The summed E-state index contributed by atoms with van der Waals surface area (Å²) in [5, 5.41) is 2.60. The SMILES string of the molecule is O=S(=O)(NCCC1CCCNC1)c1ccc(Cl)c(F)c1Cl. The molecule has 1 aliphatic heterocycles. The minimum absolute atomic E-state index is 0.202. The van der Waals surface area contributed by atoms with Crippen LogP contribution in [-0.4, -0.2) is 28.1 Å². The molecule has 8 heteroatoms. The highest BCUT2D eigenvalue weighted by molar-refractivity contribution is 7.89. The van der Waals surface area contributed by atoms with E-state index in [-0.39, 0.29) is 9.92 Å². The van der Waals surface area contributed by atoms with Gasteiger partial charge in [-0.1, -0.05) is 23.2 Å². The third-order valence-electron chi connectivity index (χ3n) is 3.53. The maximum absolute atomic E-state index is 13.6. The lowest BCUT2D eigenvalue weighted by Crippen LogP contribution is -2.33. The first-order valence-electron chi connectivity index (χ1n) is 6.75. The summed E-state index contributed by atoms with van der Waals surface area (Å²) in [6, 6.07) is 2.39. The lowest BCUT2D eigenvalue weighted by molar-refractivity contribution is 0.358. The molecule has 1 aromatic rings. The van der Waals surface area contributed by atoms with Crippen molar-refractivity contribution in [1.82, 2.24) is 10.0 Å². The number of hydrogen-bond acceptors (Lipinski definition) is 3. The normalized spacial score (nSPS) is 19.7. The summed E-state index contributed by atoms with van der Waals surface area (Å²) in [6.45, 7) is 2.22. The van der Waals surface area contributed by atoms with Crippen LogP contribution in [0.2, 0.25) is 10.0 Å². The van der Waals surface area contributed by atoms with Crippen molar-refractivity contribution in [2.24, 2.45) is 5.92 Å². The van der Waals surface area contributed by atoms with Crippen molar-refractivity contribution in [2.45, 2.75) is 24.2 Å². The first kappa shape index (κ1) is 17.0. The van der Waals surface area contributed by atoms with E-state index >= 15 is 0 Å². The number of hydrogen-bond donors (Lipinski definition) is 2. The molecule has 1 aromatic carbocycles. The average Bonchev–Trinajstić information content (AvgIpc) is 2.45. The molecular weight excluding hydrogens is 338 g/mol. The molecule has 1 heterocycles. The first-order valence-corrected chi connectivity index (χ1v) is 8.99. The van der Waals surface area contributed by atoms with Crippen LogP contribution in [0.1, 0.15) is 19.3 Å². The van der Waals surface area contributed by atoms with Gasteiger partial charge in [-0.25, -0.2) is 17.5 Å². The van der Waals surface area contributed by atoms with Gasteiger partial charge in [0, 0.05) is 6.54 Å². The van der Waals surface area contributed by atoms with E-state index in [2.05, 4.69) is 10.0 Å². The second kappa shape index (κ2) is 7.24. The summed E-state index contributed by atoms with van der Waals surface area (Å²) < 4.78 is 40.3. The van der Waals surface area contributed by atoms with E-state index in [0.29, 0.717) is 12.5 Å². The van der Waals surface area contributed by atoms with Gasteiger partial charge in [-0.2, -0.15) is 0 Å². The topological polar surface area (TPSA) is 58.2 Å². The molecule has 1 fully saturated rings. The van der Waals surface area contributed by atoms with Gasteiger partial charge in [0.1, 0.15) is 4.90 Å². The predicted molar refractivity (Wildman–Crippen MR) is 81.8 cm³/mol. The van der Waals surface area contributed by atoms with Crippen LogP contribution in [0.5, 0.6) is 0 Å². The number of nitrogens with one attached hydrogen (secondary N) is 2. The molecule has 0 radical (unpaired) electrons. The Bertz CT molecular complexity index is 604. The summed E-state index contributed by atoms with van der Waals surface area (Å²) in [5.74, 6) is -0.462. The molecule has 4 nitrogen and oxygen atoms in total. The fourth-order valence-electron chi connectivity index (χ4n) is 2.36. The number of halogens is 3. The Labute approximate surface area is 134 Å². The monoisotopic (exact) mass is 354 g/mol. The molecule has 1 atom stereocenters. The van der Waals surface area contributed by atoms with Crippen molar-refractivity contribution in [3.63, 3.8) is 0 Å². The third kappa shape index (κ3) is 4.29. The Morgan fingerprint density at radius 1 is 1.38 bits per heavy atom. The summed E-state index contributed by atoms with van der Waals surface area (Å²) in [7, 11) is -3.83. The van der Waals surface area contributed by atoms with Crippen LogP contribution in [0.25, 0.3) is 0 Å². The van der Waals surface area contributed by atoms with Crippen molar-refractivity contribution < 1.29 is 12.8 Å². The number of benzene rings is 1. The van der Waals surface area contributed by atoms with Gasteiger partial charge in [0.05, 0.1) is 10.0 Å². The summed E-state index contributed by atoms with van der Waals surface area (Å²) in [5.41, 5.74) is 0. The zero-order valence-electron chi connectivity index (χ0n) is 11.3. The molecule has 2 rings (SSSR count). The number of piperidine rings is 1. The van der Waals surface area contributed by atoms with Gasteiger partial charge in [0.15, 0.2) is 5.82 Å². The number of rotatable bonds is 5. The summed E-state index contributed by atoms with van der Waals surface area (Å²) in [6.07, 6.45) is 2.93.